The van der Waals surface area contributed by atoms with Gasteiger partial charge in [0, 0.05) is 6.42 Å². The fourth-order valence-electron chi connectivity index (χ4n) is 1.99. The van der Waals surface area contributed by atoms with Crippen LogP contribution in [0.25, 0.3) is 11.0 Å². The van der Waals surface area contributed by atoms with E-state index in [0.717, 1.165) is 16.6 Å². The number of nitrogens with one attached hydrogen (secondary N) is 2. The average molecular weight is 299 g/mol. The lowest BCUT2D eigenvalue weighted by Crippen LogP contribution is -2.28. The van der Waals surface area contributed by atoms with Crippen LogP contribution in [0.2, 0.25) is 0 Å². The number of benzene rings is 1. The maximum absolute atomic E-state index is 12.1. The molecule has 1 atom stereocenters. The Hall–Kier alpha value is -2.05. The van der Waals surface area contributed by atoms with E-state index in [4.69, 9.17) is 0 Å². The number of hydrogen-bond acceptors (Lipinski definition) is 2. The number of imidazole rings is 1. The van der Waals surface area contributed by atoms with E-state index in [-0.39, 0.29) is 0 Å². The smallest absolute Gasteiger partial charge is 0.346 e. The van der Waals surface area contributed by atoms with E-state index in [9.17, 15) is 18.0 Å². The minimum Gasteiger partial charge on any atom is -0.346 e. The Morgan fingerprint density at radius 1 is 1.43 bits per heavy atom. The molecule has 2 rings (SSSR count). The largest absolute Gasteiger partial charge is 0.389 e. The van der Waals surface area contributed by atoms with Crippen LogP contribution in [0.5, 0.6) is 0 Å². The molecule has 2 N–H and O–H groups in total. The van der Waals surface area contributed by atoms with Gasteiger partial charge in [-0.15, -0.1) is 0 Å². The van der Waals surface area contributed by atoms with Gasteiger partial charge in [-0.25, -0.2) is 4.98 Å². The molecule has 1 aromatic carbocycles. The average Bonchev–Trinajstić information content (AvgIpc) is 2.78. The molecule has 1 amide bonds. The highest BCUT2D eigenvalue weighted by molar-refractivity contribution is 5.77. The van der Waals surface area contributed by atoms with Gasteiger partial charge in [-0.1, -0.05) is 6.07 Å². The summed E-state index contributed by atoms with van der Waals surface area (Å²) in [5.74, 6) is -0.118. The van der Waals surface area contributed by atoms with E-state index in [1.54, 1.807) is 6.92 Å². The molecule has 21 heavy (non-hydrogen) atoms. The summed E-state index contributed by atoms with van der Waals surface area (Å²) < 4.78 is 36.2. The SMILES string of the molecule is Cc1ccc2nc([C@H](C)NC(=O)CCC(F)(F)F)[nH]c2c1. The third-order valence-corrected chi connectivity index (χ3v) is 3.08. The van der Waals surface area contributed by atoms with Gasteiger partial charge in [-0.2, -0.15) is 13.2 Å². The fraction of sp³-hybridized carbons (Fsp3) is 0.429. The van der Waals surface area contributed by atoms with Crippen molar-refractivity contribution in [2.24, 2.45) is 0 Å². The van der Waals surface area contributed by atoms with E-state index in [2.05, 4.69) is 15.3 Å². The van der Waals surface area contributed by atoms with Crippen molar-refractivity contribution in [2.75, 3.05) is 0 Å². The van der Waals surface area contributed by atoms with Crippen LogP contribution in [-0.2, 0) is 4.79 Å². The molecular formula is C14H16F3N3O. The van der Waals surface area contributed by atoms with E-state index in [1.165, 1.54) is 0 Å². The number of H-pyrrole nitrogens is 1. The second kappa shape index (κ2) is 5.75. The summed E-state index contributed by atoms with van der Waals surface area (Å²) >= 11 is 0. The summed E-state index contributed by atoms with van der Waals surface area (Å²) in [6, 6.07) is 5.21. The maximum atomic E-state index is 12.1. The molecule has 0 fully saturated rings. The Bertz CT molecular complexity index is 648. The molecule has 0 aliphatic heterocycles. The van der Waals surface area contributed by atoms with Crippen LogP contribution >= 0.6 is 0 Å². The zero-order valence-corrected chi connectivity index (χ0v) is 11.7. The van der Waals surface area contributed by atoms with E-state index in [0.29, 0.717) is 5.82 Å². The molecular weight excluding hydrogens is 283 g/mol. The zero-order valence-electron chi connectivity index (χ0n) is 11.7. The third kappa shape index (κ3) is 4.21. The van der Waals surface area contributed by atoms with E-state index < -0.39 is 31.0 Å². The van der Waals surface area contributed by atoms with Gasteiger partial charge in [0.25, 0.3) is 0 Å². The van der Waals surface area contributed by atoms with Crippen LogP contribution in [0.15, 0.2) is 18.2 Å². The Morgan fingerprint density at radius 2 is 2.14 bits per heavy atom. The van der Waals surface area contributed by atoms with Gasteiger partial charge in [0.2, 0.25) is 5.91 Å². The predicted molar refractivity (Wildman–Crippen MR) is 72.7 cm³/mol. The van der Waals surface area contributed by atoms with Crippen molar-refractivity contribution in [3.8, 4) is 0 Å². The van der Waals surface area contributed by atoms with Crippen LogP contribution in [0.4, 0.5) is 13.2 Å². The number of carbonyl (C=O) groups excluding carboxylic acids is 1. The minimum atomic E-state index is -4.32. The standard InChI is InChI=1S/C14H16F3N3O/c1-8-3-4-10-11(7-8)20-13(19-10)9(2)18-12(21)5-6-14(15,16)17/h3-4,7,9H,5-6H2,1-2H3,(H,18,21)(H,19,20)/t9-/m0/s1. The lowest BCUT2D eigenvalue weighted by Gasteiger charge is -2.12. The number of alkyl halides is 3. The molecule has 114 valence electrons. The number of amides is 1. The lowest BCUT2D eigenvalue weighted by atomic mass is 10.2. The second-order valence-corrected chi connectivity index (χ2v) is 5.05. The summed E-state index contributed by atoms with van der Waals surface area (Å²) in [6.45, 7) is 3.62. The van der Waals surface area contributed by atoms with Gasteiger partial charge in [0.15, 0.2) is 0 Å². The van der Waals surface area contributed by atoms with Crippen LogP contribution < -0.4 is 5.32 Å². The molecule has 0 saturated heterocycles. The molecule has 0 aliphatic rings. The number of carbonyl (C=O) groups is 1. The normalized spacial score (nSPS) is 13.4. The molecule has 0 bridgehead atoms. The first-order chi connectivity index (χ1) is 9.74. The number of rotatable bonds is 4. The Kier molecular flexibility index (Phi) is 4.20. The second-order valence-electron chi connectivity index (χ2n) is 5.05. The molecule has 1 aromatic heterocycles. The molecule has 4 nitrogen and oxygen atoms in total. The first kappa shape index (κ1) is 15.3. The number of aromatic nitrogens is 2. The maximum Gasteiger partial charge on any atom is 0.389 e. The summed E-state index contributed by atoms with van der Waals surface area (Å²) in [5.41, 5.74) is 2.66. The molecule has 1 heterocycles. The van der Waals surface area contributed by atoms with Gasteiger partial charge in [-0.05, 0) is 31.5 Å². The number of halogens is 3. The zero-order chi connectivity index (χ0) is 15.6. The molecule has 0 spiro atoms. The van der Waals surface area contributed by atoms with Crippen molar-refractivity contribution in [1.29, 1.82) is 0 Å². The first-order valence-corrected chi connectivity index (χ1v) is 6.57. The van der Waals surface area contributed by atoms with Gasteiger partial charge in [-0.3, -0.25) is 4.79 Å². The lowest BCUT2D eigenvalue weighted by molar-refractivity contribution is -0.144. The van der Waals surface area contributed by atoms with E-state index in [1.807, 2.05) is 25.1 Å². The highest BCUT2D eigenvalue weighted by Gasteiger charge is 2.28. The number of fused-ring (bicyclic) bond motifs is 1. The summed E-state index contributed by atoms with van der Waals surface area (Å²) in [4.78, 5) is 18.9. The monoisotopic (exact) mass is 299 g/mol. The Morgan fingerprint density at radius 3 is 2.81 bits per heavy atom. The van der Waals surface area contributed by atoms with Gasteiger partial charge in [0.1, 0.15) is 5.82 Å². The van der Waals surface area contributed by atoms with Crippen LogP contribution in [0.1, 0.15) is 37.2 Å². The molecule has 7 heteroatoms. The minimum absolute atomic E-state index is 0.474. The molecule has 0 radical (unpaired) electrons. The highest BCUT2D eigenvalue weighted by atomic mass is 19.4. The van der Waals surface area contributed by atoms with Crippen molar-refractivity contribution >= 4 is 16.9 Å². The van der Waals surface area contributed by atoms with Gasteiger partial charge < -0.3 is 10.3 Å². The molecule has 2 aromatic rings. The van der Waals surface area contributed by atoms with Crippen molar-refractivity contribution in [2.45, 2.75) is 38.9 Å². The molecule has 0 saturated carbocycles. The summed E-state index contributed by atoms with van der Waals surface area (Å²) in [5, 5.41) is 2.51. The van der Waals surface area contributed by atoms with Crippen molar-refractivity contribution < 1.29 is 18.0 Å². The highest BCUT2D eigenvalue weighted by Crippen LogP contribution is 2.22. The van der Waals surface area contributed by atoms with Crippen molar-refractivity contribution in [1.82, 2.24) is 15.3 Å². The first-order valence-electron chi connectivity index (χ1n) is 6.57. The Labute approximate surface area is 119 Å². The Balaban J connectivity index is 2.01. The van der Waals surface area contributed by atoms with Crippen LogP contribution in [0, 0.1) is 6.92 Å². The number of aromatic amines is 1. The van der Waals surface area contributed by atoms with Gasteiger partial charge in [0.05, 0.1) is 23.5 Å². The number of aryl methyl sites for hydroxylation is 1. The summed E-state index contributed by atoms with van der Waals surface area (Å²) in [6.07, 6.45) is -6.02. The predicted octanol–water partition coefficient (Wildman–Crippen LogP) is 3.39. The van der Waals surface area contributed by atoms with E-state index >= 15 is 0 Å². The van der Waals surface area contributed by atoms with Crippen molar-refractivity contribution in [3.05, 3.63) is 29.6 Å². The van der Waals surface area contributed by atoms with Crippen molar-refractivity contribution in [3.63, 3.8) is 0 Å². The number of hydrogen-bond donors (Lipinski definition) is 2. The summed E-state index contributed by atoms with van der Waals surface area (Å²) in [7, 11) is 0. The van der Waals surface area contributed by atoms with Gasteiger partial charge >= 0.3 is 6.18 Å². The quantitative estimate of drug-likeness (QED) is 0.909. The molecule has 0 unspecified atom stereocenters. The topological polar surface area (TPSA) is 57.8 Å². The third-order valence-electron chi connectivity index (χ3n) is 3.08. The van der Waals surface area contributed by atoms with Crippen LogP contribution in [-0.4, -0.2) is 22.1 Å². The molecule has 0 aliphatic carbocycles. The van der Waals surface area contributed by atoms with Crippen LogP contribution in [0.3, 0.4) is 0 Å². The fourth-order valence-corrected chi connectivity index (χ4v) is 1.99. The number of nitrogens with zero attached hydrogens (tertiary/aromatic N) is 1.